The van der Waals surface area contributed by atoms with Crippen LogP contribution in [0.25, 0.3) is 11.0 Å². The van der Waals surface area contributed by atoms with E-state index < -0.39 is 0 Å². The van der Waals surface area contributed by atoms with Gasteiger partial charge >= 0.3 is 0 Å². The second-order valence-electron chi connectivity index (χ2n) is 8.48. The summed E-state index contributed by atoms with van der Waals surface area (Å²) >= 11 is 5.55. The highest BCUT2D eigenvalue weighted by atomic mass is 35.5. The number of aromatic amines is 1. The third kappa shape index (κ3) is 5.47. The first-order valence-corrected chi connectivity index (χ1v) is 12.0. The minimum absolute atomic E-state index is 0.0826. The lowest BCUT2D eigenvalue weighted by Gasteiger charge is -2.34. The van der Waals surface area contributed by atoms with Crippen LogP contribution in [0, 0.1) is 0 Å². The summed E-state index contributed by atoms with van der Waals surface area (Å²) in [6.07, 6.45) is 1.84. The van der Waals surface area contributed by atoms with Gasteiger partial charge in [0, 0.05) is 55.1 Å². The number of fused-ring (bicyclic) bond motifs is 1. The predicted octanol–water partition coefficient (Wildman–Crippen LogP) is 4.37. The van der Waals surface area contributed by atoms with E-state index in [-0.39, 0.29) is 11.8 Å². The van der Waals surface area contributed by atoms with Gasteiger partial charge in [0.25, 0.3) is 0 Å². The van der Waals surface area contributed by atoms with Gasteiger partial charge in [0.05, 0.1) is 5.39 Å². The molecule has 180 valence electrons. The molecule has 2 aromatic heterocycles. The van der Waals surface area contributed by atoms with Gasteiger partial charge in [-0.3, -0.25) is 4.79 Å². The zero-order valence-electron chi connectivity index (χ0n) is 19.4. The monoisotopic (exact) mass is 490 g/mol. The van der Waals surface area contributed by atoms with E-state index in [0.29, 0.717) is 17.5 Å². The molecular weight excluding hydrogens is 464 g/mol. The van der Waals surface area contributed by atoms with Crippen LogP contribution >= 0.6 is 11.6 Å². The Morgan fingerprint density at radius 2 is 1.57 bits per heavy atom. The maximum absolute atomic E-state index is 11.5. The van der Waals surface area contributed by atoms with Crippen molar-refractivity contribution in [2.24, 2.45) is 0 Å². The van der Waals surface area contributed by atoms with Crippen molar-refractivity contribution < 1.29 is 4.79 Å². The molecule has 0 saturated carbocycles. The number of H-pyrrole nitrogens is 1. The largest absolute Gasteiger partial charge is 0.369 e. The van der Waals surface area contributed by atoms with Crippen LogP contribution in [0.15, 0.2) is 60.8 Å². The normalized spacial score (nSPS) is 14.2. The number of anilines is 6. The molecule has 4 N–H and O–H groups in total. The number of rotatable bonds is 7. The first-order valence-electron chi connectivity index (χ1n) is 11.5. The summed E-state index contributed by atoms with van der Waals surface area (Å²) in [4.78, 5) is 28.7. The number of nitrogens with zero attached hydrogens (tertiary/aromatic N) is 4. The van der Waals surface area contributed by atoms with Crippen LogP contribution in [-0.4, -0.2) is 64.9 Å². The highest BCUT2D eigenvalue weighted by Crippen LogP contribution is 2.27. The van der Waals surface area contributed by atoms with Gasteiger partial charge < -0.3 is 30.7 Å². The Morgan fingerprint density at radius 3 is 2.29 bits per heavy atom. The number of likely N-dealkylation sites (N-methyl/N-ethyl adjacent to an activating group) is 1. The molecule has 1 aliphatic heterocycles. The van der Waals surface area contributed by atoms with Gasteiger partial charge in [-0.05, 0) is 61.6 Å². The van der Waals surface area contributed by atoms with Crippen molar-refractivity contribution in [3.63, 3.8) is 0 Å². The molecule has 0 bridgehead atoms. The number of alkyl halides is 1. The minimum atomic E-state index is -0.246. The summed E-state index contributed by atoms with van der Waals surface area (Å²) in [6.45, 7) is 4.21. The van der Waals surface area contributed by atoms with Gasteiger partial charge in [0.2, 0.25) is 11.9 Å². The molecule has 4 aromatic rings. The summed E-state index contributed by atoms with van der Waals surface area (Å²) in [5.74, 6) is 0.830. The van der Waals surface area contributed by atoms with Crippen LogP contribution in [0.5, 0.6) is 0 Å². The quantitative estimate of drug-likeness (QED) is 0.285. The molecule has 9 nitrogen and oxygen atoms in total. The molecule has 3 heterocycles. The molecule has 5 rings (SSSR count). The van der Waals surface area contributed by atoms with E-state index in [1.807, 2.05) is 36.5 Å². The molecule has 1 fully saturated rings. The number of aromatic nitrogens is 3. The highest BCUT2D eigenvalue weighted by Gasteiger charge is 2.14. The summed E-state index contributed by atoms with van der Waals surface area (Å²) in [5, 5.41) is 10.3. The van der Waals surface area contributed by atoms with Crippen LogP contribution in [0.1, 0.15) is 0 Å². The fourth-order valence-electron chi connectivity index (χ4n) is 4.01. The van der Waals surface area contributed by atoms with Gasteiger partial charge in [-0.15, -0.1) is 11.6 Å². The standard InChI is InChI=1S/C25H27ClN8O/c1-33-12-14-34(15-13-33)20-8-6-19(7-9-20)30-25-31-23-21(10-11-27-23)24(32-25)29-18-4-2-17(3-5-18)28-22(35)16-26/h2-11H,12-16H2,1H3,(H,28,35)(H3,27,29,30,31,32). The summed E-state index contributed by atoms with van der Waals surface area (Å²) in [7, 11) is 2.16. The van der Waals surface area contributed by atoms with Crippen LogP contribution in [0.2, 0.25) is 0 Å². The lowest BCUT2D eigenvalue weighted by Crippen LogP contribution is -2.44. The first kappa shape index (κ1) is 22.9. The van der Waals surface area contributed by atoms with Gasteiger partial charge in [-0.1, -0.05) is 0 Å². The van der Waals surface area contributed by atoms with E-state index in [1.54, 1.807) is 0 Å². The number of nitrogens with one attached hydrogen (secondary N) is 4. The second-order valence-corrected chi connectivity index (χ2v) is 8.75. The maximum atomic E-state index is 11.5. The summed E-state index contributed by atoms with van der Waals surface area (Å²) in [6, 6.07) is 17.7. The fourth-order valence-corrected chi connectivity index (χ4v) is 4.08. The van der Waals surface area contributed by atoms with Gasteiger partial charge in [-0.25, -0.2) is 0 Å². The molecule has 0 spiro atoms. The number of benzene rings is 2. The summed E-state index contributed by atoms with van der Waals surface area (Å²) < 4.78 is 0. The van der Waals surface area contributed by atoms with Gasteiger partial charge in [-0.2, -0.15) is 9.97 Å². The van der Waals surface area contributed by atoms with E-state index in [1.165, 1.54) is 5.69 Å². The summed E-state index contributed by atoms with van der Waals surface area (Å²) in [5.41, 5.74) is 4.37. The Labute approximate surface area is 208 Å². The predicted molar refractivity (Wildman–Crippen MR) is 142 cm³/mol. The molecular formula is C25H27ClN8O. The lowest BCUT2D eigenvalue weighted by molar-refractivity contribution is -0.113. The van der Waals surface area contributed by atoms with E-state index in [0.717, 1.165) is 48.6 Å². The SMILES string of the molecule is CN1CCN(c2ccc(Nc3nc(Nc4ccc(NC(=O)CCl)cc4)c4cc[nH]c4n3)cc2)CC1. The Kier molecular flexibility index (Phi) is 6.69. The Morgan fingerprint density at radius 1 is 0.914 bits per heavy atom. The third-order valence-electron chi connectivity index (χ3n) is 5.96. The molecule has 0 aliphatic carbocycles. The maximum Gasteiger partial charge on any atom is 0.239 e. The molecule has 1 amide bonds. The number of piperazine rings is 1. The fraction of sp³-hybridized carbons (Fsp3) is 0.240. The van der Waals surface area contributed by atoms with Gasteiger partial charge in [0.15, 0.2) is 0 Å². The molecule has 0 atom stereocenters. The Balaban J connectivity index is 1.31. The third-order valence-corrected chi connectivity index (χ3v) is 6.20. The van der Waals surface area contributed by atoms with Crippen LogP contribution in [0.3, 0.4) is 0 Å². The zero-order valence-corrected chi connectivity index (χ0v) is 20.1. The molecule has 1 aliphatic rings. The smallest absolute Gasteiger partial charge is 0.239 e. The van der Waals surface area contributed by atoms with E-state index in [2.05, 4.69) is 67.0 Å². The molecule has 35 heavy (non-hydrogen) atoms. The molecule has 1 saturated heterocycles. The number of halogens is 1. The number of carbonyl (C=O) groups is 1. The van der Waals surface area contributed by atoms with Crippen molar-refractivity contribution in [3.05, 3.63) is 60.8 Å². The van der Waals surface area contributed by atoms with E-state index >= 15 is 0 Å². The second kappa shape index (κ2) is 10.2. The van der Waals surface area contributed by atoms with Gasteiger partial charge in [0.1, 0.15) is 17.3 Å². The number of hydrogen-bond donors (Lipinski definition) is 4. The lowest BCUT2D eigenvalue weighted by atomic mass is 10.2. The zero-order chi connectivity index (χ0) is 24.2. The molecule has 10 heteroatoms. The number of amides is 1. The van der Waals surface area contributed by atoms with Crippen molar-refractivity contribution in [2.75, 3.05) is 60.0 Å². The number of hydrogen-bond acceptors (Lipinski definition) is 7. The average Bonchev–Trinajstić information content (AvgIpc) is 3.35. The minimum Gasteiger partial charge on any atom is -0.369 e. The van der Waals surface area contributed by atoms with Crippen molar-refractivity contribution >= 4 is 63.1 Å². The first-order chi connectivity index (χ1) is 17.1. The Bertz CT molecular complexity index is 1300. The number of carbonyl (C=O) groups excluding carboxylic acids is 1. The average molecular weight is 491 g/mol. The van der Waals surface area contributed by atoms with Crippen LogP contribution < -0.4 is 20.9 Å². The Hall–Kier alpha value is -3.82. The van der Waals surface area contributed by atoms with Crippen LogP contribution in [-0.2, 0) is 4.79 Å². The van der Waals surface area contributed by atoms with Crippen molar-refractivity contribution in [3.8, 4) is 0 Å². The van der Waals surface area contributed by atoms with Crippen molar-refractivity contribution in [2.45, 2.75) is 0 Å². The topological polar surface area (TPSA) is 101 Å². The van der Waals surface area contributed by atoms with E-state index in [9.17, 15) is 4.79 Å². The molecule has 2 aromatic carbocycles. The molecule has 0 unspecified atom stereocenters. The highest BCUT2D eigenvalue weighted by molar-refractivity contribution is 6.29. The van der Waals surface area contributed by atoms with Crippen LogP contribution in [0.4, 0.5) is 34.5 Å². The van der Waals surface area contributed by atoms with Crippen molar-refractivity contribution in [1.82, 2.24) is 19.9 Å². The van der Waals surface area contributed by atoms with Crippen molar-refractivity contribution in [1.29, 1.82) is 0 Å². The van der Waals surface area contributed by atoms with E-state index in [4.69, 9.17) is 16.6 Å². The molecule has 0 radical (unpaired) electrons.